The number of amides is 1. The summed E-state index contributed by atoms with van der Waals surface area (Å²) in [5.74, 6) is 2.59. The Morgan fingerprint density at radius 3 is 2.32 bits per heavy atom. The van der Waals surface area contributed by atoms with E-state index in [9.17, 15) is 4.79 Å². The van der Waals surface area contributed by atoms with Gasteiger partial charge in [-0.2, -0.15) is 0 Å². The lowest BCUT2D eigenvalue weighted by atomic mass is 9.89. The molecule has 2 aromatic carbocycles. The first-order valence-electron chi connectivity index (χ1n) is 14.7. The van der Waals surface area contributed by atoms with Crippen LogP contribution in [0.2, 0.25) is 0 Å². The van der Waals surface area contributed by atoms with Crippen LogP contribution >= 0.6 is 0 Å². The van der Waals surface area contributed by atoms with Gasteiger partial charge >= 0.3 is 0 Å². The molecule has 1 saturated heterocycles. The number of nitrogens with zero attached hydrogens (tertiary/aromatic N) is 2. The number of benzene rings is 2. The van der Waals surface area contributed by atoms with Crippen molar-refractivity contribution in [2.45, 2.75) is 82.5 Å². The van der Waals surface area contributed by atoms with Crippen LogP contribution in [-0.2, 0) is 30.6 Å². The van der Waals surface area contributed by atoms with E-state index in [0.717, 1.165) is 62.7 Å². The summed E-state index contributed by atoms with van der Waals surface area (Å²) in [7, 11) is 3.35. The second kappa shape index (κ2) is 11.3. The van der Waals surface area contributed by atoms with Gasteiger partial charge in [-0.05, 0) is 85.4 Å². The molecule has 2 aliphatic heterocycles. The Hall–Kier alpha value is -2.57. The maximum absolute atomic E-state index is 14.2. The molecule has 0 bridgehead atoms. The molecule has 6 rings (SSSR count). The zero-order chi connectivity index (χ0) is 26.1. The number of methoxy groups -OCH3 is 2. The third-order valence-electron chi connectivity index (χ3n) is 9.57. The lowest BCUT2D eigenvalue weighted by molar-refractivity contribution is -0.137. The molecule has 2 atom stereocenters. The summed E-state index contributed by atoms with van der Waals surface area (Å²) in [6.45, 7) is 3.47. The van der Waals surface area contributed by atoms with Crippen LogP contribution in [0.15, 0.2) is 36.4 Å². The van der Waals surface area contributed by atoms with Crippen molar-refractivity contribution in [2.75, 3.05) is 33.9 Å². The van der Waals surface area contributed by atoms with E-state index in [1.165, 1.54) is 54.4 Å². The summed E-state index contributed by atoms with van der Waals surface area (Å²) >= 11 is 0. The second-order valence-corrected chi connectivity index (χ2v) is 11.9. The molecule has 1 N–H and O–H groups in total. The highest BCUT2D eigenvalue weighted by molar-refractivity contribution is 5.83. The number of likely N-dealkylation sites (tertiary alicyclic amines) is 1. The molecule has 0 radical (unpaired) electrons. The molecule has 0 unspecified atom stereocenters. The van der Waals surface area contributed by atoms with Crippen LogP contribution in [0.4, 0.5) is 0 Å². The summed E-state index contributed by atoms with van der Waals surface area (Å²) in [5, 5.41) is 3.91. The number of carbonyl (C=O) groups is 1. The fraction of sp³-hybridized carbons (Fsp3) is 0.594. The Labute approximate surface area is 227 Å². The SMILES string of the molecule is COc1cc2c(cc1OC)CN(C(=O)[C@@H]1C[C@H](NCC3CCCCC3)CN1C1Cc3ccccc3C1)CC2. The Balaban J connectivity index is 1.18. The van der Waals surface area contributed by atoms with Crippen molar-refractivity contribution in [1.82, 2.24) is 15.1 Å². The van der Waals surface area contributed by atoms with Gasteiger partial charge in [-0.15, -0.1) is 0 Å². The van der Waals surface area contributed by atoms with E-state index in [4.69, 9.17) is 9.47 Å². The van der Waals surface area contributed by atoms with Gasteiger partial charge in [-0.25, -0.2) is 0 Å². The summed E-state index contributed by atoms with van der Waals surface area (Å²) in [5.41, 5.74) is 5.34. The van der Waals surface area contributed by atoms with Crippen LogP contribution in [0.3, 0.4) is 0 Å². The van der Waals surface area contributed by atoms with Crippen molar-refractivity contribution in [2.24, 2.45) is 5.92 Å². The zero-order valence-corrected chi connectivity index (χ0v) is 23.1. The second-order valence-electron chi connectivity index (χ2n) is 11.9. The van der Waals surface area contributed by atoms with E-state index < -0.39 is 0 Å². The first-order valence-corrected chi connectivity index (χ1v) is 14.7. The highest BCUT2D eigenvalue weighted by Crippen LogP contribution is 2.35. The van der Waals surface area contributed by atoms with Crippen LogP contribution in [0.5, 0.6) is 11.5 Å². The number of hydrogen-bond acceptors (Lipinski definition) is 5. The Morgan fingerprint density at radius 1 is 0.947 bits per heavy atom. The van der Waals surface area contributed by atoms with Gasteiger partial charge in [0.05, 0.1) is 20.3 Å². The van der Waals surface area contributed by atoms with Crippen LogP contribution in [0.25, 0.3) is 0 Å². The fourth-order valence-corrected chi connectivity index (χ4v) is 7.43. The van der Waals surface area contributed by atoms with E-state index in [2.05, 4.69) is 51.5 Å². The Bertz CT molecular complexity index is 1120. The number of nitrogens with one attached hydrogen (secondary N) is 1. The van der Waals surface area contributed by atoms with E-state index >= 15 is 0 Å². The molecule has 4 aliphatic rings. The lowest BCUT2D eigenvalue weighted by Crippen LogP contribution is -2.50. The van der Waals surface area contributed by atoms with Crippen molar-refractivity contribution in [1.29, 1.82) is 0 Å². The molecule has 6 heteroatoms. The normalized spacial score (nSPS) is 24.3. The predicted octanol–water partition coefficient (Wildman–Crippen LogP) is 4.37. The minimum Gasteiger partial charge on any atom is -0.493 e. The molecular formula is C32H43N3O3. The van der Waals surface area contributed by atoms with E-state index in [-0.39, 0.29) is 6.04 Å². The smallest absolute Gasteiger partial charge is 0.240 e. The zero-order valence-electron chi connectivity index (χ0n) is 23.1. The number of carbonyl (C=O) groups excluding carboxylic acids is 1. The van der Waals surface area contributed by atoms with Crippen LogP contribution in [0, 0.1) is 5.92 Å². The summed E-state index contributed by atoms with van der Waals surface area (Å²) < 4.78 is 11.1. The molecule has 204 valence electrons. The number of fused-ring (bicyclic) bond motifs is 2. The maximum Gasteiger partial charge on any atom is 0.240 e. The highest BCUT2D eigenvalue weighted by Gasteiger charge is 2.43. The molecule has 2 heterocycles. The first kappa shape index (κ1) is 25.7. The number of ether oxygens (including phenoxy) is 2. The molecule has 0 aromatic heterocycles. The van der Waals surface area contributed by atoms with Crippen molar-refractivity contribution in [3.8, 4) is 11.5 Å². The lowest BCUT2D eigenvalue weighted by Gasteiger charge is -2.36. The topological polar surface area (TPSA) is 54.0 Å². The summed E-state index contributed by atoms with van der Waals surface area (Å²) in [6.07, 6.45) is 10.7. The van der Waals surface area contributed by atoms with Gasteiger partial charge in [0, 0.05) is 31.7 Å². The largest absolute Gasteiger partial charge is 0.493 e. The number of rotatable bonds is 7. The molecule has 1 amide bonds. The average Bonchev–Trinajstić information content (AvgIpc) is 3.59. The van der Waals surface area contributed by atoms with E-state index in [1.807, 2.05) is 0 Å². The van der Waals surface area contributed by atoms with Crippen molar-refractivity contribution in [3.63, 3.8) is 0 Å². The Kier molecular flexibility index (Phi) is 7.62. The molecule has 6 nitrogen and oxygen atoms in total. The Morgan fingerprint density at radius 2 is 1.63 bits per heavy atom. The van der Waals surface area contributed by atoms with Crippen molar-refractivity contribution < 1.29 is 14.3 Å². The van der Waals surface area contributed by atoms with Gasteiger partial charge in [-0.1, -0.05) is 43.5 Å². The standard InChI is InChI=1S/C32H43N3O3/c1-37-30-16-25-12-13-34(20-26(25)17-31(30)38-2)32(36)29-18-27(33-19-22-8-4-3-5-9-22)21-35(29)28-14-23-10-6-7-11-24(23)15-28/h6-7,10-11,16-17,22,27-29,33H,3-5,8-9,12-15,18-21H2,1-2H3/t27-,29-/m0/s1. The quantitative estimate of drug-likeness (QED) is 0.591. The third-order valence-corrected chi connectivity index (χ3v) is 9.57. The third kappa shape index (κ3) is 5.17. The van der Waals surface area contributed by atoms with Gasteiger partial charge in [0.15, 0.2) is 11.5 Å². The van der Waals surface area contributed by atoms with Crippen LogP contribution in [0.1, 0.15) is 60.8 Å². The van der Waals surface area contributed by atoms with Gasteiger partial charge in [-0.3, -0.25) is 9.69 Å². The fourth-order valence-electron chi connectivity index (χ4n) is 7.43. The molecule has 2 aliphatic carbocycles. The monoisotopic (exact) mass is 517 g/mol. The van der Waals surface area contributed by atoms with Crippen molar-refractivity contribution in [3.05, 3.63) is 58.7 Å². The average molecular weight is 518 g/mol. The predicted molar refractivity (Wildman–Crippen MR) is 150 cm³/mol. The van der Waals surface area contributed by atoms with Crippen molar-refractivity contribution >= 4 is 5.91 Å². The highest BCUT2D eigenvalue weighted by atomic mass is 16.5. The van der Waals surface area contributed by atoms with Gasteiger partial charge in [0.2, 0.25) is 5.91 Å². The van der Waals surface area contributed by atoms with Gasteiger partial charge in [0.25, 0.3) is 0 Å². The minimum atomic E-state index is -0.0557. The molecule has 1 saturated carbocycles. The minimum absolute atomic E-state index is 0.0557. The summed E-state index contributed by atoms with van der Waals surface area (Å²) in [6, 6.07) is 13.7. The van der Waals surface area contributed by atoms with Crippen LogP contribution < -0.4 is 14.8 Å². The first-order chi connectivity index (χ1) is 18.6. The maximum atomic E-state index is 14.2. The molecule has 38 heavy (non-hydrogen) atoms. The molecule has 2 fully saturated rings. The summed E-state index contributed by atoms with van der Waals surface area (Å²) in [4.78, 5) is 18.8. The van der Waals surface area contributed by atoms with E-state index in [1.54, 1.807) is 14.2 Å². The molecule has 0 spiro atoms. The van der Waals surface area contributed by atoms with Crippen LogP contribution in [-0.4, -0.2) is 67.7 Å². The molecule has 2 aromatic rings. The van der Waals surface area contributed by atoms with Gasteiger partial charge < -0.3 is 19.7 Å². The number of hydrogen-bond donors (Lipinski definition) is 1. The van der Waals surface area contributed by atoms with Gasteiger partial charge in [0.1, 0.15) is 0 Å². The molecular weight excluding hydrogens is 474 g/mol. The van der Waals surface area contributed by atoms with E-state index in [0.29, 0.717) is 24.5 Å².